The fourth-order valence-corrected chi connectivity index (χ4v) is 3.88. The molecule has 0 aliphatic carbocycles. The van der Waals surface area contributed by atoms with Crippen LogP contribution in [0, 0.1) is 11.3 Å². The molecule has 6 nitrogen and oxygen atoms in total. The van der Waals surface area contributed by atoms with Crippen LogP contribution in [0.3, 0.4) is 0 Å². The summed E-state index contributed by atoms with van der Waals surface area (Å²) in [5.41, 5.74) is 3.63. The summed E-state index contributed by atoms with van der Waals surface area (Å²) in [7, 11) is 0. The molecule has 0 atom stereocenters. The zero-order valence-corrected chi connectivity index (χ0v) is 14.3. The largest absolute Gasteiger partial charge is 0.317 e. The van der Waals surface area contributed by atoms with Crippen LogP contribution in [0.2, 0.25) is 0 Å². The molecule has 4 heterocycles. The molecule has 1 aliphatic rings. The van der Waals surface area contributed by atoms with Gasteiger partial charge in [0.05, 0.1) is 29.5 Å². The molecule has 0 saturated carbocycles. The highest BCUT2D eigenvalue weighted by atomic mass is 32.2. The van der Waals surface area contributed by atoms with E-state index in [0.717, 1.165) is 47.5 Å². The average molecular weight is 338 g/mol. The molecular formula is C17H18N6S. The highest BCUT2D eigenvalue weighted by molar-refractivity contribution is 7.98. The van der Waals surface area contributed by atoms with Gasteiger partial charge in [-0.05, 0) is 38.3 Å². The number of hydrogen-bond donors (Lipinski definition) is 1. The standard InChI is InChI=1S/C17H18N6S/c1-24-16-6-12(10-23-17(16)13(7-18)8-21-23)14-9-20-22(11-14)15-2-4-19-5-3-15/h6,8-11,15,19H,2-5H2,1H3. The van der Waals surface area contributed by atoms with E-state index >= 15 is 0 Å². The van der Waals surface area contributed by atoms with Gasteiger partial charge in [0.15, 0.2) is 0 Å². The van der Waals surface area contributed by atoms with Gasteiger partial charge in [0, 0.05) is 28.4 Å². The molecule has 0 amide bonds. The number of nitriles is 1. The van der Waals surface area contributed by atoms with Crippen molar-refractivity contribution in [3.63, 3.8) is 0 Å². The third kappa shape index (κ3) is 2.58. The Morgan fingerprint density at radius 2 is 2.04 bits per heavy atom. The molecule has 3 aromatic heterocycles. The summed E-state index contributed by atoms with van der Waals surface area (Å²) in [6, 6.07) is 4.80. The molecule has 0 aromatic carbocycles. The summed E-state index contributed by atoms with van der Waals surface area (Å²) in [5, 5.41) is 21.5. The smallest absolute Gasteiger partial charge is 0.103 e. The molecule has 7 heteroatoms. The average Bonchev–Trinajstić information content (AvgIpc) is 3.28. The molecule has 0 radical (unpaired) electrons. The van der Waals surface area contributed by atoms with Crippen LogP contribution < -0.4 is 5.32 Å². The second kappa shape index (κ2) is 6.30. The van der Waals surface area contributed by atoms with Crippen LogP contribution in [0.25, 0.3) is 16.6 Å². The lowest BCUT2D eigenvalue weighted by Crippen LogP contribution is -2.29. The van der Waals surface area contributed by atoms with Gasteiger partial charge < -0.3 is 5.32 Å². The van der Waals surface area contributed by atoms with E-state index in [0.29, 0.717) is 11.6 Å². The van der Waals surface area contributed by atoms with E-state index in [1.807, 2.05) is 18.6 Å². The molecular weight excluding hydrogens is 320 g/mol. The summed E-state index contributed by atoms with van der Waals surface area (Å²) in [4.78, 5) is 1.05. The molecule has 24 heavy (non-hydrogen) atoms. The first-order valence-electron chi connectivity index (χ1n) is 8.01. The lowest BCUT2D eigenvalue weighted by Gasteiger charge is -2.22. The predicted octanol–water partition coefficient (Wildman–Crippen LogP) is 2.72. The summed E-state index contributed by atoms with van der Waals surface area (Å²) < 4.78 is 3.88. The Labute approximate surface area is 144 Å². The van der Waals surface area contributed by atoms with Crippen molar-refractivity contribution in [3.05, 3.63) is 36.4 Å². The molecule has 4 rings (SSSR count). The van der Waals surface area contributed by atoms with Gasteiger partial charge in [-0.1, -0.05) is 0 Å². The number of hydrogen-bond acceptors (Lipinski definition) is 5. The van der Waals surface area contributed by atoms with E-state index in [4.69, 9.17) is 0 Å². The Kier molecular flexibility index (Phi) is 4.00. The van der Waals surface area contributed by atoms with Gasteiger partial charge in [-0.3, -0.25) is 4.68 Å². The van der Waals surface area contributed by atoms with Gasteiger partial charge in [-0.2, -0.15) is 15.5 Å². The van der Waals surface area contributed by atoms with Gasteiger partial charge >= 0.3 is 0 Å². The quantitative estimate of drug-likeness (QED) is 0.744. The van der Waals surface area contributed by atoms with Crippen molar-refractivity contribution in [1.29, 1.82) is 5.26 Å². The van der Waals surface area contributed by atoms with Crippen molar-refractivity contribution in [2.75, 3.05) is 19.3 Å². The summed E-state index contributed by atoms with van der Waals surface area (Å²) in [6.07, 6.45) is 11.9. The SMILES string of the molecule is CSc1cc(-c2cnn(C3CCNCC3)c2)cn2ncc(C#N)c12. The Bertz CT molecular complexity index is 913. The van der Waals surface area contributed by atoms with E-state index in [2.05, 4.69) is 38.5 Å². The van der Waals surface area contributed by atoms with Crippen LogP contribution in [0.5, 0.6) is 0 Å². The van der Waals surface area contributed by atoms with Gasteiger partial charge in [0.2, 0.25) is 0 Å². The second-order valence-electron chi connectivity index (χ2n) is 5.95. The zero-order valence-electron chi connectivity index (χ0n) is 13.4. The number of thioether (sulfide) groups is 1. The van der Waals surface area contributed by atoms with E-state index < -0.39 is 0 Å². The normalized spacial score (nSPS) is 15.7. The van der Waals surface area contributed by atoms with Gasteiger partial charge in [0.1, 0.15) is 6.07 Å². The van der Waals surface area contributed by atoms with Crippen molar-refractivity contribution in [2.45, 2.75) is 23.8 Å². The van der Waals surface area contributed by atoms with E-state index in [1.165, 1.54) is 0 Å². The molecule has 3 aromatic rings. The topological polar surface area (TPSA) is 70.9 Å². The molecule has 1 fully saturated rings. The van der Waals surface area contributed by atoms with Crippen LogP contribution in [0.1, 0.15) is 24.4 Å². The fraction of sp³-hybridized carbons (Fsp3) is 0.353. The van der Waals surface area contributed by atoms with Gasteiger partial charge in [-0.15, -0.1) is 11.8 Å². The number of fused-ring (bicyclic) bond motifs is 1. The van der Waals surface area contributed by atoms with Crippen molar-refractivity contribution in [2.24, 2.45) is 0 Å². The monoisotopic (exact) mass is 338 g/mol. The summed E-state index contributed by atoms with van der Waals surface area (Å²) in [5.74, 6) is 0. The fourth-order valence-electron chi connectivity index (χ4n) is 3.24. The molecule has 1 aliphatic heterocycles. The van der Waals surface area contributed by atoms with Crippen LogP contribution >= 0.6 is 11.8 Å². The first kappa shape index (κ1) is 15.2. The number of nitrogens with one attached hydrogen (secondary N) is 1. The Balaban J connectivity index is 1.74. The summed E-state index contributed by atoms with van der Waals surface area (Å²) in [6.45, 7) is 2.10. The van der Waals surface area contributed by atoms with E-state index in [1.54, 1.807) is 22.5 Å². The van der Waals surface area contributed by atoms with Crippen molar-refractivity contribution in [1.82, 2.24) is 24.7 Å². The highest BCUT2D eigenvalue weighted by Gasteiger charge is 2.17. The Hall–Kier alpha value is -2.30. The van der Waals surface area contributed by atoms with Crippen molar-refractivity contribution in [3.8, 4) is 17.2 Å². The first-order chi connectivity index (χ1) is 11.8. The minimum atomic E-state index is 0.471. The molecule has 1 saturated heterocycles. The summed E-state index contributed by atoms with van der Waals surface area (Å²) >= 11 is 1.63. The number of rotatable bonds is 3. The number of nitrogens with zero attached hydrogens (tertiary/aromatic N) is 5. The lowest BCUT2D eigenvalue weighted by atomic mass is 10.1. The second-order valence-corrected chi connectivity index (χ2v) is 6.80. The maximum Gasteiger partial charge on any atom is 0.103 e. The third-order valence-electron chi connectivity index (χ3n) is 4.53. The number of piperidine rings is 1. The van der Waals surface area contributed by atoms with Crippen molar-refractivity contribution < 1.29 is 0 Å². The number of pyridine rings is 1. The molecule has 0 unspecified atom stereocenters. The minimum Gasteiger partial charge on any atom is -0.317 e. The van der Waals surface area contributed by atoms with Crippen LogP contribution in [-0.2, 0) is 0 Å². The Morgan fingerprint density at radius 1 is 1.21 bits per heavy atom. The van der Waals surface area contributed by atoms with Crippen LogP contribution in [0.4, 0.5) is 0 Å². The van der Waals surface area contributed by atoms with E-state index in [-0.39, 0.29) is 0 Å². The molecule has 0 bridgehead atoms. The highest BCUT2D eigenvalue weighted by Crippen LogP contribution is 2.30. The molecule has 1 N–H and O–H groups in total. The van der Waals surface area contributed by atoms with Crippen molar-refractivity contribution >= 4 is 17.3 Å². The third-order valence-corrected chi connectivity index (χ3v) is 5.29. The Morgan fingerprint density at radius 3 is 2.79 bits per heavy atom. The van der Waals surface area contributed by atoms with Gasteiger partial charge in [0.25, 0.3) is 0 Å². The van der Waals surface area contributed by atoms with Crippen LogP contribution in [-0.4, -0.2) is 38.7 Å². The van der Waals surface area contributed by atoms with Crippen LogP contribution in [0.15, 0.2) is 35.7 Å². The number of aromatic nitrogens is 4. The molecule has 0 spiro atoms. The maximum absolute atomic E-state index is 9.25. The van der Waals surface area contributed by atoms with Gasteiger partial charge in [-0.25, -0.2) is 4.52 Å². The minimum absolute atomic E-state index is 0.471. The first-order valence-corrected chi connectivity index (χ1v) is 9.23. The zero-order chi connectivity index (χ0) is 16.5. The van der Waals surface area contributed by atoms with E-state index in [9.17, 15) is 5.26 Å². The molecule has 122 valence electrons. The lowest BCUT2D eigenvalue weighted by molar-refractivity contribution is 0.343. The maximum atomic E-state index is 9.25. The predicted molar refractivity (Wildman–Crippen MR) is 94.0 cm³/mol.